The molecule has 0 aliphatic rings. The van der Waals surface area contributed by atoms with E-state index in [2.05, 4.69) is 20.8 Å². The van der Waals surface area contributed by atoms with Gasteiger partial charge in [0.25, 0.3) is 0 Å². The van der Waals surface area contributed by atoms with E-state index in [0.717, 1.165) is 5.75 Å². The van der Waals surface area contributed by atoms with Crippen molar-refractivity contribution in [3.05, 3.63) is 64.4 Å². The summed E-state index contributed by atoms with van der Waals surface area (Å²) in [6.07, 6.45) is 0. The second-order valence-electron chi connectivity index (χ2n) is 5.78. The highest BCUT2D eigenvalue weighted by molar-refractivity contribution is 6.30. The zero-order chi connectivity index (χ0) is 14.8. The molecule has 0 spiro atoms. The van der Waals surface area contributed by atoms with Crippen LogP contribution in [0.5, 0.6) is 5.75 Å². The molecule has 2 aromatic carbocycles. The van der Waals surface area contributed by atoms with Crippen LogP contribution in [0, 0.1) is 5.82 Å². The second-order valence-corrected chi connectivity index (χ2v) is 6.18. The first-order chi connectivity index (χ1) is 9.38. The molecule has 2 rings (SSSR count). The summed E-state index contributed by atoms with van der Waals surface area (Å²) in [7, 11) is 0. The number of benzene rings is 2. The highest BCUT2D eigenvalue weighted by Crippen LogP contribution is 2.25. The van der Waals surface area contributed by atoms with E-state index in [1.807, 2.05) is 24.3 Å². The van der Waals surface area contributed by atoms with E-state index in [1.54, 1.807) is 12.1 Å². The third-order valence-electron chi connectivity index (χ3n) is 3.15. The van der Waals surface area contributed by atoms with Gasteiger partial charge in [-0.2, -0.15) is 0 Å². The molecule has 0 aliphatic carbocycles. The van der Waals surface area contributed by atoms with Gasteiger partial charge in [0.15, 0.2) is 0 Å². The van der Waals surface area contributed by atoms with Gasteiger partial charge in [0, 0.05) is 5.56 Å². The zero-order valence-corrected chi connectivity index (χ0v) is 12.7. The Morgan fingerprint density at radius 3 is 2.30 bits per heavy atom. The minimum absolute atomic E-state index is 0.109. The molecule has 3 heteroatoms. The highest BCUT2D eigenvalue weighted by Gasteiger charge is 2.13. The van der Waals surface area contributed by atoms with Crippen LogP contribution in [0.2, 0.25) is 5.02 Å². The fourth-order valence-electron chi connectivity index (χ4n) is 1.87. The lowest BCUT2D eigenvalue weighted by Gasteiger charge is -2.19. The van der Waals surface area contributed by atoms with Gasteiger partial charge in [-0.25, -0.2) is 4.39 Å². The van der Waals surface area contributed by atoms with Crippen LogP contribution in [0.1, 0.15) is 31.9 Å². The van der Waals surface area contributed by atoms with Crippen molar-refractivity contribution in [3.63, 3.8) is 0 Å². The van der Waals surface area contributed by atoms with E-state index in [4.69, 9.17) is 16.3 Å². The van der Waals surface area contributed by atoms with E-state index in [1.165, 1.54) is 11.6 Å². The summed E-state index contributed by atoms with van der Waals surface area (Å²) in [4.78, 5) is 0. The standard InChI is InChI=1S/C17H18ClFO/c1-17(2,3)13-7-9-14(10-8-13)20-11-12-5-4-6-15(18)16(12)19/h4-10H,11H2,1-3H3. The molecule has 0 heterocycles. The maximum Gasteiger partial charge on any atom is 0.148 e. The fraction of sp³-hybridized carbons (Fsp3) is 0.294. The van der Waals surface area contributed by atoms with Crippen LogP contribution in [-0.4, -0.2) is 0 Å². The Hall–Kier alpha value is -1.54. The van der Waals surface area contributed by atoms with Gasteiger partial charge >= 0.3 is 0 Å². The Kier molecular flexibility index (Phi) is 4.34. The molecule has 0 saturated heterocycles. The van der Waals surface area contributed by atoms with Crippen molar-refractivity contribution < 1.29 is 9.13 Å². The number of ether oxygens (including phenoxy) is 1. The van der Waals surface area contributed by atoms with Gasteiger partial charge in [-0.05, 0) is 29.2 Å². The van der Waals surface area contributed by atoms with Gasteiger partial charge in [-0.1, -0.05) is 56.6 Å². The molecular weight excluding hydrogens is 275 g/mol. The molecule has 106 valence electrons. The Morgan fingerprint density at radius 2 is 1.70 bits per heavy atom. The fourth-order valence-corrected chi connectivity index (χ4v) is 2.07. The van der Waals surface area contributed by atoms with Gasteiger partial charge in [0.1, 0.15) is 18.2 Å². The van der Waals surface area contributed by atoms with Crippen LogP contribution in [-0.2, 0) is 12.0 Å². The van der Waals surface area contributed by atoms with Crippen molar-refractivity contribution in [2.75, 3.05) is 0 Å². The average molecular weight is 293 g/mol. The van der Waals surface area contributed by atoms with Crippen LogP contribution in [0.25, 0.3) is 0 Å². The first-order valence-corrected chi connectivity index (χ1v) is 6.92. The summed E-state index contributed by atoms with van der Waals surface area (Å²) in [6.45, 7) is 6.64. The Balaban J connectivity index is 2.06. The second kappa shape index (κ2) is 5.84. The monoisotopic (exact) mass is 292 g/mol. The number of hydrogen-bond acceptors (Lipinski definition) is 1. The molecular formula is C17H18ClFO. The Morgan fingerprint density at radius 1 is 1.05 bits per heavy atom. The molecule has 20 heavy (non-hydrogen) atoms. The smallest absolute Gasteiger partial charge is 0.148 e. The molecule has 0 unspecified atom stereocenters. The lowest BCUT2D eigenvalue weighted by atomic mass is 9.87. The van der Waals surface area contributed by atoms with Gasteiger partial charge < -0.3 is 4.74 Å². The minimum atomic E-state index is -0.416. The Bertz CT molecular complexity index is 585. The summed E-state index contributed by atoms with van der Waals surface area (Å²) < 4.78 is 19.3. The third-order valence-corrected chi connectivity index (χ3v) is 3.44. The van der Waals surface area contributed by atoms with Gasteiger partial charge in [0.2, 0.25) is 0 Å². The zero-order valence-electron chi connectivity index (χ0n) is 11.9. The van der Waals surface area contributed by atoms with E-state index in [0.29, 0.717) is 5.56 Å². The van der Waals surface area contributed by atoms with Crippen molar-refractivity contribution in [3.8, 4) is 5.75 Å². The van der Waals surface area contributed by atoms with Crippen molar-refractivity contribution >= 4 is 11.6 Å². The van der Waals surface area contributed by atoms with E-state index >= 15 is 0 Å². The quantitative estimate of drug-likeness (QED) is 0.740. The molecule has 0 aromatic heterocycles. The number of rotatable bonds is 3. The van der Waals surface area contributed by atoms with Crippen LogP contribution in [0.4, 0.5) is 4.39 Å². The Labute approximate surface area is 124 Å². The van der Waals surface area contributed by atoms with E-state index < -0.39 is 5.82 Å². The summed E-state index contributed by atoms with van der Waals surface area (Å²) in [5.41, 5.74) is 1.80. The van der Waals surface area contributed by atoms with Crippen LogP contribution < -0.4 is 4.74 Å². The van der Waals surface area contributed by atoms with Crippen LogP contribution >= 0.6 is 11.6 Å². The highest BCUT2D eigenvalue weighted by atomic mass is 35.5. The van der Waals surface area contributed by atoms with Crippen LogP contribution in [0.15, 0.2) is 42.5 Å². The molecule has 0 radical (unpaired) electrons. The normalized spacial score (nSPS) is 11.4. The average Bonchev–Trinajstić information content (AvgIpc) is 2.40. The maximum absolute atomic E-state index is 13.7. The maximum atomic E-state index is 13.7. The summed E-state index contributed by atoms with van der Waals surface area (Å²) in [5.74, 6) is 0.304. The molecule has 0 bridgehead atoms. The van der Waals surface area contributed by atoms with Crippen molar-refractivity contribution in [2.24, 2.45) is 0 Å². The van der Waals surface area contributed by atoms with E-state index in [9.17, 15) is 4.39 Å². The lowest BCUT2D eigenvalue weighted by Crippen LogP contribution is -2.10. The largest absolute Gasteiger partial charge is 0.489 e. The predicted molar refractivity (Wildman–Crippen MR) is 80.9 cm³/mol. The summed E-state index contributed by atoms with van der Waals surface area (Å²) in [5, 5.41) is 0.120. The first kappa shape index (κ1) is 14.9. The van der Waals surface area contributed by atoms with Gasteiger partial charge in [-0.15, -0.1) is 0 Å². The number of halogens is 2. The van der Waals surface area contributed by atoms with Crippen molar-refractivity contribution in [1.82, 2.24) is 0 Å². The van der Waals surface area contributed by atoms with Crippen molar-refractivity contribution in [1.29, 1.82) is 0 Å². The molecule has 2 aromatic rings. The molecule has 0 atom stereocenters. The van der Waals surface area contributed by atoms with E-state index in [-0.39, 0.29) is 17.0 Å². The topological polar surface area (TPSA) is 9.23 Å². The molecule has 1 nitrogen and oxygen atoms in total. The van der Waals surface area contributed by atoms with Gasteiger partial charge in [0.05, 0.1) is 5.02 Å². The molecule has 0 saturated carbocycles. The molecule has 0 amide bonds. The third kappa shape index (κ3) is 3.51. The van der Waals surface area contributed by atoms with Crippen LogP contribution in [0.3, 0.4) is 0 Å². The summed E-state index contributed by atoms with van der Waals surface area (Å²) in [6, 6.07) is 12.8. The lowest BCUT2D eigenvalue weighted by molar-refractivity contribution is 0.299. The SMILES string of the molecule is CC(C)(C)c1ccc(OCc2cccc(Cl)c2F)cc1. The van der Waals surface area contributed by atoms with Gasteiger partial charge in [-0.3, -0.25) is 0 Å². The summed E-state index contributed by atoms with van der Waals surface area (Å²) >= 11 is 5.74. The minimum Gasteiger partial charge on any atom is -0.489 e. The first-order valence-electron chi connectivity index (χ1n) is 6.54. The molecule has 0 N–H and O–H groups in total. The number of hydrogen-bond donors (Lipinski definition) is 0. The van der Waals surface area contributed by atoms with Crippen molar-refractivity contribution in [2.45, 2.75) is 32.8 Å². The molecule has 0 aliphatic heterocycles. The molecule has 0 fully saturated rings. The predicted octanol–water partition coefficient (Wildman–Crippen LogP) is 5.36.